The average molecular weight is 513 g/mol. The van der Waals surface area contributed by atoms with E-state index >= 15 is 0 Å². The lowest BCUT2D eigenvalue weighted by Crippen LogP contribution is -2.12. The number of carbonyl (C=O) groups excluding carboxylic acids is 1. The van der Waals surface area contributed by atoms with Gasteiger partial charge in [-0.2, -0.15) is 0 Å². The molecule has 0 bridgehead atoms. The fraction of sp³-hybridized carbons (Fsp3) is 0.107. The highest BCUT2D eigenvalue weighted by Gasteiger charge is 2.15. The Balaban J connectivity index is 1.21. The van der Waals surface area contributed by atoms with Crippen molar-refractivity contribution in [2.75, 3.05) is 18.2 Å². The van der Waals surface area contributed by atoms with Crippen molar-refractivity contribution in [1.82, 2.24) is 15.0 Å². The number of anilines is 1. The number of rotatable bonds is 9. The largest absolute Gasteiger partial charge is 0.497 e. The number of methoxy groups -OCH3 is 1. The van der Waals surface area contributed by atoms with Crippen molar-refractivity contribution in [3.63, 3.8) is 0 Å². The summed E-state index contributed by atoms with van der Waals surface area (Å²) >= 11 is 2.95. The number of aromatic amines is 1. The van der Waals surface area contributed by atoms with Gasteiger partial charge < -0.3 is 15.0 Å². The van der Waals surface area contributed by atoms with Gasteiger partial charge in [-0.15, -0.1) is 11.3 Å². The topological polar surface area (TPSA) is 79.9 Å². The second-order valence-electron chi connectivity index (χ2n) is 7.91. The Labute approximate surface area is 217 Å². The third-order valence-corrected chi connectivity index (χ3v) is 7.13. The summed E-state index contributed by atoms with van der Waals surface area (Å²) in [6.45, 7) is 0. The summed E-state index contributed by atoms with van der Waals surface area (Å²) in [5.74, 6) is 1.32. The van der Waals surface area contributed by atoms with Crippen LogP contribution in [0.25, 0.3) is 33.8 Å². The maximum absolute atomic E-state index is 12.5. The van der Waals surface area contributed by atoms with Gasteiger partial charge in [-0.05, 0) is 24.3 Å². The van der Waals surface area contributed by atoms with Crippen LogP contribution in [-0.2, 0) is 4.79 Å². The molecule has 0 aliphatic rings. The van der Waals surface area contributed by atoms with E-state index in [9.17, 15) is 4.79 Å². The number of thioether (sulfide) groups is 1. The van der Waals surface area contributed by atoms with Gasteiger partial charge >= 0.3 is 0 Å². The number of hydrogen-bond acceptors (Lipinski definition) is 6. The summed E-state index contributed by atoms with van der Waals surface area (Å²) in [5.41, 5.74) is 5.80. The van der Waals surface area contributed by atoms with E-state index in [1.807, 2.05) is 66.0 Å². The molecule has 0 aliphatic heterocycles. The van der Waals surface area contributed by atoms with E-state index in [4.69, 9.17) is 9.72 Å². The number of H-pyrrole nitrogens is 1. The molecule has 1 amide bonds. The lowest BCUT2D eigenvalue weighted by Gasteiger charge is -2.02. The monoisotopic (exact) mass is 512 g/mol. The molecule has 8 heteroatoms. The van der Waals surface area contributed by atoms with Gasteiger partial charge in [0.15, 0.2) is 10.3 Å². The zero-order chi connectivity index (χ0) is 24.7. The van der Waals surface area contributed by atoms with Crippen molar-refractivity contribution in [1.29, 1.82) is 0 Å². The minimum atomic E-state index is -0.0729. The van der Waals surface area contributed by atoms with Crippen LogP contribution in [0.15, 0.2) is 95.5 Å². The number of benzene rings is 3. The molecule has 0 saturated heterocycles. The van der Waals surface area contributed by atoms with Crippen LogP contribution >= 0.6 is 23.1 Å². The Bertz CT molecular complexity index is 1370. The molecule has 0 saturated carbocycles. The molecule has 0 unspecified atom stereocenters. The molecule has 5 rings (SSSR count). The van der Waals surface area contributed by atoms with Crippen molar-refractivity contribution < 1.29 is 9.53 Å². The van der Waals surface area contributed by atoms with E-state index in [1.54, 1.807) is 7.11 Å². The molecule has 2 heterocycles. The highest BCUT2D eigenvalue weighted by molar-refractivity contribution is 7.99. The quantitative estimate of drug-likeness (QED) is 0.208. The zero-order valence-electron chi connectivity index (χ0n) is 19.6. The maximum atomic E-state index is 12.5. The van der Waals surface area contributed by atoms with Crippen LogP contribution in [0.5, 0.6) is 5.75 Å². The van der Waals surface area contributed by atoms with E-state index in [0.29, 0.717) is 17.3 Å². The zero-order valence-corrected chi connectivity index (χ0v) is 21.2. The van der Waals surface area contributed by atoms with Gasteiger partial charge in [0.05, 0.1) is 24.2 Å². The number of nitrogens with one attached hydrogen (secondary N) is 2. The van der Waals surface area contributed by atoms with Gasteiger partial charge in [0.25, 0.3) is 0 Å². The molecule has 0 radical (unpaired) electrons. The first-order chi connectivity index (χ1) is 17.7. The summed E-state index contributed by atoms with van der Waals surface area (Å²) in [7, 11) is 1.64. The van der Waals surface area contributed by atoms with Crippen LogP contribution < -0.4 is 10.1 Å². The standard InChI is InChI=1S/C28H24N4O2S2/c1-34-22-14-12-19(13-15-22)23-18-36-27(29-23)30-24(33)16-17-35-28-31-25(20-8-4-2-5-9-20)26(32-28)21-10-6-3-7-11-21/h2-15,18H,16-17H2,1H3,(H,31,32)(H,29,30,33). The van der Waals surface area contributed by atoms with E-state index < -0.39 is 0 Å². The molecule has 2 N–H and O–H groups in total. The highest BCUT2D eigenvalue weighted by atomic mass is 32.2. The minimum Gasteiger partial charge on any atom is -0.497 e. The first kappa shape index (κ1) is 23.8. The van der Waals surface area contributed by atoms with Gasteiger partial charge in [-0.3, -0.25) is 4.79 Å². The van der Waals surface area contributed by atoms with Crippen molar-refractivity contribution in [2.45, 2.75) is 11.6 Å². The Hall–Kier alpha value is -3.88. The van der Waals surface area contributed by atoms with Crippen LogP contribution in [-0.4, -0.2) is 33.7 Å². The third kappa shape index (κ3) is 5.67. The number of hydrogen-bond donors (Lipinski definition) is 2. The first-order valence-electron chi connectivity index (χ1n) is 11.4. The molecule has 36 heavy (non-hydrogen) atoms. The van der Waals surface area contributed by atoms with Crippen LogP contribution in [0.4, 0.5) is 5.13 Å². The fourth-order valence-corrected chi connectivity index (χ4v) is 5.23. The molecule has 0 spiro atoms. The summed E-state index contributed by atoms with van der Waals surface area (Å²) in [4.78, 5) is 25.4. The number of aromatic nitrogens is 3. The molecule has 6 nitrogen and oxygen atoms in total. The fourth-order valence-electron chi connectivity index (χ4n) is 3.69. The van der Waals surface area contributed by atoms with E-state index in [0.717, 1.165) is 44.7 Å². The van der Waals surface area contributed by atoms with Gasteiger partial charge in [0.1, 0.15) is 5.75 Å². The van der Waals surface area contributed by atoms with Crippen LogP contribution in [0.3, 0.4) is 0 Å². The SMILES string of the molecule is COc1ccc(-c2csc(NC(=O)CCSc3nc(-c4ccccc4)c(-c4ccccc4)[nH]3)n2)cc1. The van der Waals surface area contributed by atoms with Gasteiger partial charge in [0.2, 0.25) is 5.91 Å². The summed E-state index contributed by atoms with van der Waals surface area (Å²) in [5, 5.41) is 6.22. The molecule has 2 aromatic heterocycles. The number of amides is 1. The van der Waals surface area contributed by atoms with Gasteiger partial charge in [-0.1, -0.05) is 72.4 Å². The average Bonchev–Trinajstić information content (AvgIpc) is 3.57. The number of thiazole rings is 1. The first-order valence-corrected chi connectivity index (χ1v) is 13.3. The van der Waals surface area contributed by atoms with Crippen LogP contribution in [0, 0.1) is 0 Å². The Morgan fingerprint density at radius 3 is 2.31 bits per heavy atom. The Kier molecular flexibility index (Phi) is 7.44. The Morgan fingerprint density at radius 1 is 0.917 bits per heavy atom. The summed E-state index contributed by atoms with van der Waals surface area (Å²) in [6, 6.07) is 28.0. The normalized spacial score (nSPS) is 10.8. The Morgan fingerprint density at radius 2 is 1.61 bits per heavy atom. The molecule has 3 aromatic carbocycles. The predicted molar refractivity (Wildman–Crippen MR) is 148 cm³/mol. The van der Waals surface area contributed by atoms with E-state index in [2.05, 4.69) is 39.6 Å². The van der Waals surface area contributed by atoms with Gasteiger partial charge in [-0.25, -0.2) is 9.97 Å². The second kappa shape index (κ2) is 11.2. The maximum Gasteiger partial charge on any atom is 0.226 e. The highest BCUT2D eigenvalue weighted by Crippen LogP contribution is 2.33. The number of carbonyl (C=O) groups is 1. The number of imidazole rings is 1. The molecular formula is C28H24N4O2S2. The smallest absolute Gasteiger partial charge is 0.226 e. The molecule has 180 valence electrons. The number of ether oxygens (including phenoxy) is 1. The second-order valence-corrected chi connectivity index (χ2v) is 9.85. The van der Waals surface area contributed by atoms with Crippen molar-refractivity contribution in [2.24, 2.45) is 0 Å². The predicted octanol–water partition coefficient (Wildman–Crippen LogP) is 7.00. The number of nitrogens with zero attached hydrogens (tertiary/aromatic N) is 2. The molecule has 0 fully saturated rings. The van der Waals surface area contributed by atoms with Crippen LogP contribution in [0.1, 0.15) is 6.42 Å². The molecule has 0 aliphatic carbocycles. The summed E-state index contributed by atoms with van der Waals surface area (Å²) < 4.78 is 5.20. The minimum absolute atomic E-state index is 0.0729. The lowest BCUT2D eigenvalue weighted by molar-refractivity contribution is -0.115. The molecule has 5 aromatic rings. The van der Waals surface area contributed by atoms with Crippen LogP contribution in [0.2, 0.25) is 0 Å². The molecule has 0 atom stereocenters. The third-order valence-electron chi connectivity index (χ3n) is 5.50. The van der Waals surface area contributed by atoms with Crippen molar-refractivity contribution in [3.05, 3.63) is 90.3 Å². The van der Waals surface area contributed by atoms with Crippen molar-refractivity contribution >= 4 is 34.1 Å². The summed E-state index contributed by atoms with van der Waals surface area (Å²) in [6.07, 6.45) is 0.351. The lowest BCUT2D eigenvalue weighted by atomic mass is 10.1. The van der Waals surface area contributed by atoms with E-state index in [1.165, 1.54) is 23.1 Å². The molecular weight excluding hydrogens is 488 g/mol. The van der Waals surface area contributed by atoms with Gasteiger partial charge in [0, 0.05) is 34.2 Å². The van der Waals surface area contributed by atoms with Crippen molar-refractivity contribution in [3.8, 4) is 39.5 Å². The van der Waals surface area contributed by atoms with E-state index in [-0.39, 0.29) is 5.91 Å².